The summed E-state index contributed by atoms with van der Waals surface area (Å²) in [5, 5.41) is 11.2. The molecule has 0 heterocycles. The first-order valence-electron chi connectivity index (χ1n) is 12.2. The molecule has 0 aromatic carbocycles. The van der Waals surface area contributed by atoms with Crippen molar-refractivity contribution >= 4 is 26.5 Å². The van der Waals surface area contributed by atoms with Crippen LogP contribution in [0.3, 0.4) is 0 Å². The Bertz CT molecular complexity index is 399. The average molecular weight is 501 g/mol. The number of rotatable bonds is 13. The van der Waals surface area contributed by atoms with E-state index in [1.165, 1.54) is 70.6 Å². The molecule has 1 nitrogen and oxygen atoms in total. The van der Waals surface area contributed by atoms with E-state index in [1.807, 2.05) is 3.21 Å². The molecule has 3 heteroatoms. The van der Waals surface area contributed by atoms with Crippen LogP contribution in [-0.2, 0) is 0 Å². The summed E-state index contributed by atoms with van der Waals surface area (Å²) < 4.78 is 6.54. The molecule has 0 amide bonds. The van der Waals surface area contributed by atoms with Crippen molar-refractivity contribution in [3.8, 4) is 0 Å². The summed E-state index contributed by atoms with van der Waals surface area (Å²) >= 11 is -2.43. The zero-order chi connectivity index (χ0) is 20.3. The zero-order valence-corrected chi connectivity index (χ0v) is 23.4. The molecule has 0 aromatic heterocycles. The summed E-state index contributed by atoms with van der Waals surface area (Å²) in [6.07, 6.45) is 17.1. The van der Waals surface area contributed by atoms with Crippen LogP contribution in [0.25, 0.3) is 0 Å². The van der Waals surface area contributed by atoms with E-state index in [9.17, 15) is 5.11 Å². The Morgan fingerprint density at radius 3 is 1.70 bits per heavy atom. The van der Waals surface area contributed by atoms with Crippen LogP contribution in [0.1, 0.15) is 91.4 Å². The van der Waals surface area contributed by atoms with Gasteiger partial charge in [-0.15, -0.1) is 0 Å². The van der Waals surface area contributed by atoms with Crippen LogP contribution in [0.4, 0.5) is 0 Å². The van der Waals surface area contributed by atoms with Crippen molar-refractivity contribution in [3.63, 3.8) is 0 Å². The fourth-order valence-electron chi connectivity index (χ4n) is 5.33. The van der Waals surface area contributed by atoms with Gasteiger partial charge in [0.05, 0.1) is 0 Å². The summed E-state index contributed by atoms with van der Waals surface area (Å²) in [5.74, 6) is 0.539. The maximum atomic E-state index is 11.2. The third kappa shape index (κ3) is 8.54. The van der Waals surface area contributed by atoms with Gasteiger partial charge < -0.3 is 0 Å². The second kappa shape index (κ2) is 13.1. The average Bonchev–Trinajstić information content (AvgIpc) is 2.66. The van der Waals surface area contributed by atoms with Crippen LogP contribution in [0.15, 0.2) is 9.29 Å². The number of hydrogen-bond acceptors (Lipinski definition) is 1. The molecular weight excluding hydrogens is 451 g/mol. The van der Waals surface area contributed by atoms with Gasteiger partial charge in [0, 0.05) is 0 Å². The third-order valence-electron chi connectivity index (χ3n) is 6.88. The Kier molecular flexibility index (Phi) is 12.5. The molecule has 0 bridgehead atoms. The predicted molar refractivity (Wildman–Crippen MR) is 129 cm³/mol. The molecule has 1 aliphatic carbocycles. The first kappa shape index (κ1) is 25.8. The fraction of sp³-hybridized carbons (Fsp3) is 0.917. The minimum absolute atomic E-state index is 0.159. The van der Waals surface area contributed by atoms with Crippen molar-refractivity contribution < 1.29 is 5.11 Å². The van der Waals surface area contributed by atoms with Crippen LogP contribution in [0.5, 0.6) is 0 Å². The monoisotopic (exact) mass is 502 g/mol. The minimum atomic E-state index is -2.43. The standard InChI is InChI=1S/C12H23OSi.3C4H9.Sn/c1-14(2,3)10-9-12(13)11-7-5-4-6-8-11;3*1-3-4-2;/h9,11-13H,4-8H2,1-3H3;3*1,3-4H2,2H3;. The van der Waals surface area contributed by atoms with E-state index in [2.05, 4.69) is 46.5 Å². The van der Waals surface area contributed by atoms with Gasteiger partial charge in [0.15, 0.2) is 0 Å². The molecule has 0 aromatic rings. The topological polar surface area (TPSA) is 20.2 Å². The Labute approximate surface area is 176 Å². The molecule has 160 valence electrons. The van der Waals surface area contributed by atoms with Crippen LogP contribution in [0, 0.1) is 5.92 Å². The summed E-state index contributed by atoms with van der Waals surface area (Å²) in [7, 11) is -1.40. The van der Waals surface area contributed by atoms with Gasteiger partial charge in [-0.2, -0.15) is 0 Å². The molecule has 27 heavy (non-hydrogen) atoms. The Balaban J connectivity index is 3.27. The van der Waals surface area contributed by atoms with Gasteiger partial charge >= 0.3 is 177 Å². The van der Waals surface area contributed by atoms with E-state index in [0.717, 1.165) is 0 Å². The van der Waals surface area contributed by atoms with Crippen molar-refractivity contribution in [1.29, 1.82) is 0 Å². The number of unbranched alkanes of at least 4 members (excludes halogenated alkanes) is 3. The number of aliphatic hydroxyl groups excluding tert-OH is 1. The predicted octanol–water partition coefficient (Wildman–Crippen LogP) is 8.12. The van der Waals surface area contributed by atoms with E-state index < -0.39 is 26.5 Å². The van der Waals surface area contributed by atoms with Crippen molar-refractivity contribution in [2.75, 3.05) is 0 Å². The van der Waals surface area contributed by atoms with Crippen molar-refractivity contribution in [1.82, 2.24) is 0 Å². The van der Waals surface area contributed by atoms with Gasteiger partial charge in [0.2, 0.25) is 0 Å². The quantitative estimate of drug-likeness (QED) is 0.253. The van der Waals surface area contributed by atoms with Crippen molar-refractivity contribution in [2.24, 2.45) is 5.92 Å². The van der Waals surface area contributed by atoms with Gasteiger partial charge in [-0.05, 0) is 0 Å². The molecule has 0 saturated heterocycles. The number of aliphatic hydroxyl groups is 1. The first-order chi connectivity index (χ1) is 12.8. The van der Waals surface area contributed by atoms with E-state index in [-0.39, 0.29) is 6.10 Å². The molecule has 1 N–H and O–H groups in total. The van der Waals surface area contributed by atoms with E-state index >= 15 is 0 Å². The van der Waals surface area contributed by atoms with E-state index in [4.69, 9.17) is 0 Å². The second-order valence-corrected chi connectivity index (χ2v) is 29.9. The molecule has 1 unspecified atom stereocenters. The molecule has 1 saturated carbocycles. The van der Waals surface area contributed by atoms with Crippen LogP contribution in [-0.4, -0.2) is 37.7 Å². The molecule has 0 aliphatic heterocycles. The van der Waals surface area contributed by atoms with E-state index in [0.29, 0.717) is 5.92 Å². The Hall–Kier alpha value is 0.716. The van der Waals surface area contributed by atoms with Gasteiger partial charge in [0.25, 0.3) is 0 Å². The maximum absolute atomic E-state index is 11.2. The number of hydrogen-bond donors (Lipinski definition) is 1. The third-order valence-corrected chi connectivity index (χ3v) is 33.6. The van der Waals surface area contributed by atoms with Gasteiger partial charge in [-0.3, -0.25) is 0 Å². The molecule has 1 fully saturated rings. The van der Waals surface area contributed by atoms with Crippen molar-refractivity contribution in [2.45, 2.75) is 130 Å². The Morgan fingerprint density at radius 2 is 1.33 bits per heavy atom. The second-order valence-electron chi connectivity index (χ2n) is 10.3. The molecule has 1 aliphatic rings. The van der Waals surface area contributed by atoms with Gasteiger partial charge in [-0.1, -0.05) is 0 Å². The summed E-state index contributed by atoms with van der Waals surface area (Å²) in [5.41, 5.74) is 0. The van der Waals surface area contributed by atoms with Crippen LogP contribution < -0.4 is 0 Å². The summed E-state index contributed by atoms with van der Waals surface area (Å²) in [4.78, 5) is 0. The molecule has 0 spiro atoms. The normalized spacial score (nSPS) is 18.7. The van der Waals surface area contributed by atoms with E-state index in [1.54, 1.807) is 13.3 Å². The van der Waals surface area contributed by atoms with Gasteiger partial charge in [0.1, 0.15) is 0 Å². The summed E-state index contributed by atoms with van der Waals surface area (Å²) in [6.45, 7) is 14.8. The molecule has 1 atom stereocenters. The van der Waals surface area contributed by atoms with Crippen molar-refractivity contribution in [3.05, 3.63) is 9.29 Å². The van der Waals surface area contributed by atoms with Crippen LogP contribution in [0.2, 0.25) is 33.0 Å². The van der Waals surface area contributed by atoms with Gasteiger partial charge in [-0.25, -0.2) is 0 Å². The first-order valence-corrected chi connectivity index (χ1v) is 23.2. The molecule has 1 rings (SSSR count). The van der Waals surface area contributed by atoms with Crippen LogP contribution >= 0.6 is 0 Å². The Morgan fingerprint density at radius 1 is 0.889 bits per heavy atom. The summed E-state index contributed by atoms with van der Waals surface area (Å²) in [6, 6.07) is 0. The fourth-order valence-corrected chi connectivity index (χ4v) is 38.5. The SMILES string of the molecule is CCC[CH2][Sn]([CH2]CCC)([CH2]CCC)/[C](=C\C(O)C1CCCCC1)[Si](C)(C)C. The molecular formula is C24H50OSiSn. The zero-order valence-electron chi connectivity index (χ0n) is 19.6. The molecule has 0 radical (unpaired) electrons.